The van der Waals surface area contributed by atoms with E-state index in [-0.39, 0.29) is 21.5 Å². The maximum Gasteiger partial charge on any atom is 0.261 e. The lowest BCUT2D eigenvalue weighted by atomic mass is 10.1. The summed E-state index contributed by atoms with van der Waals surface area (Å²) in [5.74, 6) is 0.422. The largest absolute Gasteiger partial charge is 0.486 e. The lowest BCUT2D eigenvalue weighted by Crippen LogP contribution is -2.25. The summed E-state index contributed by atoms with van der Waals surface area (Å²) in [6, 6.07) is 14.8. The Hall–Kier alpha value is -3.30. The van der Waals surface area contributed by atoms with E-state index in [4.69, 9.17) is 21.1 Å². The molecule has 172 valence electrons. The second-order valence-corrected chi connectivity index (χ2v) is 9.33. The lowest BCUT2D eigenvalue weighted by Gasteiger charge is -2.18. The highest BCUT2D eigenvalue weighted by Crippen LogP contribution is 2.30. The van der Waals surface area contributed by atoms with E-state index in [9.17, 15) is 17.6 Å². The van der Waals surface area contributed by atoms with E-state index in [0.29, 0.717) is 43.2 Å². The molecule has 1 aliphatic heterocycles. The van der Waals surface area contributed by atoms with Crippen LogP contribution in [0.5, 0.6) is 11.5 Å². The van der Waals surface area contributed by atoms with Crippen molar-refractivity contribution in [3.63, 3.8) is 0 Å². The second kappa shape index (κ2) is 9.68. The Bertz CT molecular complexity index is 1280. The summed E-state index contributed by atoms with van der Waals surface area (Å²) >= 11 is 5.67. The molecule has 3 aromatic carbocycles. The maximum absolute atomic E-state index is 13.3. The van der Waals surface area contributed by atoms with Crippen molar-refractivity contribution in [3.8, 4) is 11.5 Å². The van der Waals surface area contributed by atoms with Crippen LogP contribution in [0.15, 0.2) is 65.6 Å². The summed E-state index contributed by atoms with van der Waals surface area (Å²) in [5, 5.41) is 2.54. The summed E-state index contributed by atoms with van der Waals surface area (Å²) < 4.78 is 51.6. The summed E-state index contributed by atoms with van der Waals surface area (Å²) in [6.07, 6.45) is 0.612. The first-order valence-corrected chi connectivity index (χ1v) is 11.9. The Labute approximate surface area is 195 Å². The van der Waals surface area contributed by atoms with Crippen molar-refractivity contribution in [3.05, 3.63) is 82.6 Å². The molecule has 10 heteroatoms. The van der Waals surface area contributed by atoms with Crippen molar-refractivity contribution < 1.29 is 27.1 Å². The van der Waals surface area contributed by atoms with E-state index in [1.165, 1.54) is 24.3 Å². The van der Waals surface area contributed by atoms with Crippen molar-refractivity contribution in [2.75, 3.05) is 24.5 Å². The second-order valence-electron chi connectivity index (χ2n) is 7.24. The summed E-state index contributed by atoms with van der Waals surface area (Å²) in [4.78, 5) is 12.2. The third-order valence-corrected chi connectivity index (χ3v) is 6.58. The van der Waals surface area contributed by atoms with Gasteiger partial charge in [-0.3, -0.25) is 9.52 Å². The molecule has 33 heavy (non-hydrogen) atoms. The number of anilines is 1. The van der Waals surface area contributed by atoms with E-state index >= 15 is 0 Å². The SMILES string of the molecule is O=C(NCCc1ccc2c(c1)OCCO2)c1ccc(NS(=O)(=O)c2ccc(F)c(Cl)c2)cc1. The van der Waals surface area contributed by atoms with Gasteiger partial charge in [-0.05, 0) is 66.6 Å². The highest BCUT2D eigenvalue weighted by Gasteiger charge is 2.17. The fraction of sp³-hybridized carbons (Fsp3) is 0.174. The molecule has 0 spiro atoms. The molecule has 0 saturated carbocycles. The van der Waals surface area contributed by atoms with Crippen molar-refractivity contribution in [1.29, 1.82) is 0 Å². The molecule has 0 atom stereocenters. The highest BCUT2D eigenvalue weighted by molar-refractivity contribution is 7.92. The van der Waals surface area contributed by atoms with Gasteiger partial charge in [-0.1, -0.05) is 17.7 Å². The zero-order valence-corrected chi connectivity index (χ0v) is 18.9. The van der Waals surface area contributed by atoms with Crippen molar-refractivity contribution in [2.24, 2.45) is 0 Å². The zero-order valence-electron chi connectivity index (χ0n) is 17.3. The van der Waals surface area contributed by atoms with E-state index in [1.54, 1.807) is 0 Å². The van der Waals surface area contributed by atoms with Crippen LogP contribution in [-0.4, -0.2) is 34.1 Å². The average molecular weight is 491 g/mol. The van der Waals surface area contributed by atoms with E-state index in [2.05, 4.69) is 10.0 Å². The molecule has 1 aliphatic rings. The number of ether oxygens (including phenoxy) is 2. The molecule has 0 fully saturated rings. The van der Waals surface area contributed by atoms with Gasteiger partial charge in [0, 0.05) is 17.8 Å². The monoisotopic (exact) mass is 490 g/mol. The smallest absolute Gasteiger partial charge is 0.261 e. The minimum atomic E-state index is -3.96. The molecule has 0 aliphatic carbocycles. The zero-order chi connectivity index (χ0) is 23.4. The van der Waals surface area contributed by atoms with Crippen LogP contribution in [-0.2, 0) is 16.4 Å². The molecule has 0 radical (unpaired) electrons. The van der Waals surface area contributed by atoms with Gasteiger partial charge in [-0.15, -0.1) is 0 Å². The number of sulfonamides is 1. The molecule has 3 aromatic rings. The number of rotatable bonds is 7. The molecule has 7 nitrogen and oxygen atoms in total. The van der Waals surface area contributed by atoms with E-state index in [1.807, 2.05) is 18.2 Å². The molecule has 2 N–H and O–H groups in total. The molecular weight excluding hydrogens is 471 g/mol. The van der Waals surface area contributed by atoms with Crippen LogP contribution >= 0.6 is 11.6 Å². The maximum atomic E-state index is 13.3. The van der Waals surface area contributed by atoms with Crippen LogP contribution in [0.25, 0.3) is 0 Å². The van der Waals surface area contributed by atoms with Crippen LogP contribution < -0.4 is 19.5 Å². The Morgan fingerprint density at radius 1 is 0.970 bits per heavy atom. The number of carbonyl (C=O) groups excluding carboxylic acids is 1. The number of fused-ring (bicyclic) bond motifs is 1. The first-order valence-electron chi connectivity index (χ1n) is 10.1. The quantitative estimate of drug-likeness (QED) is 0.521. The summed E-state index contributed by atoms with van der Waals surface area (Å²) in [7, 11) is -3.96. The van der Waals surface area contributed by atoms with Gasteiger partial charge in [-0.25, -0.2) is 12.8 Å². The molecule has 0 saturated heterocycles. The van der Waals surface area contributed by atoms with Crippen molar-refractivity contribution in [2.45, 2.75) is 11.3 Å². The molecule has 0 bridgehead atoms. The van der Waals surface area contributed by atoms with Gasteiger partial charge in [0.1, 0.15) is 19.0 Å². The number of amides is 1. The van der Waals surface area contributed by atoms with Gasteiger partial charge in [0.25, 0.3) is 15.9 Å². The van der Waals surface area contributed by atoms with Gasteiger partial charge >= 0.3 is 0 Å². The predicted octanol–water partition coefficient (Wildman–Crippen LogP) is 4.02. The molecule has 1 heterocycles. The Balaban J connectivity index is 1.33. The summed E-state index contributed by atoms with van der Waals surface area (Å²) in [5.41, 5.74) is 1.64. The third kappa shape index (κ3) is 5.55. The minimum Gasteiger partial charge on any atom is -0.486 e. The molecule has 0 unspecified atom stereocenters. The number of carbonyl (C=O) groups is 1. The van der Waals surface area contributed by atoms with Crippen LogP contribution in [0.1, 0.15) is 15.9 Å². The Kier molecular flexibility index (Phi) is 6.71. The van der Waals surface area contributed by atoms with Crippen LogP contribution in [0.2, 0.25) is 5.02 Å². The Morgan fingerprint density at radius 3 is 2.42 bits per heavy atom. The minimum absolute atomic E-state index is 0.171. The van der Waals surface area contributed by atoms with Crippen LogP contribution in [0, 0.1) is 5.82 Å². The van der Waals surface area contributed by atoms with Crippen molar-refractivity contribution in [1.82, 2.24) is 5.32 Å². The van der Waals surface area contributed by atoms with Gasteiger partial charge < -0.3 is 14.8 Å². The fourth-order valence-corrected chi connectivity index (χ4v) is 4.54. The predicted molar refractivity (Wildman–Crippen MR) is 122 cm³/mol. The van der Waals surface area contributed by atoms with Gasteiger partial charge in [0.05, 0.1) is 9.92 Å². The average Bonchev–Trinajstić information content (AvgIpc) is 2.81. The molecule has 1 amide bonds. The fourth-order valence-electron chi connectivity index (χ4n) is 3.21. The molecule has 0 aromatic heterocycles. The number of hydrogen-bond donors (Lipinski definition) is 2. The van der Waals surface area contributed by atoms with Crippen LogP contribution in [0.4, 0.5) is 10.1 Å². The van der Waals surface area contributed by atoms with E-state index in [0.717, 1.165) is 23.8 Å². The topological polar surface area (TPSA) is 93.7 Å². The Morgan fingerprint density at radius 2 is 1.70 bits per heavy atom. The van der Waals surface area contributed by atoms with Crippen molar-refractivity contribution >= 4 is 33.2 Å². The van der Waals surface area contributed by atoms with Crippen LogP contribution in [0.3, 0.4) is 0 Å². The first-order chi connectivity index (χ1) is 15.8. The highest BCUT2D eigenvalue weighted by atomic mass is 35.5. The third-order valence-electron chi connectivity index (χ3n) is 4.91. The molecule has 4 rings (SSSR count). The number of benzene rings is 3. The normalized spacial score (nSPS) is 12.8. The summed E-state index contributed by atoms with van der Waals surface area (Å²) in [6.45, 7) is 1.46. The number of nitrogens with one attached hydrogen (secondary N) is 2. The van der Waals surface area contributed by atoms with E-state index < -0.39 is 15.8 Å². The standard InChI is InChI=1S/C23H20ClFN2O5S/c24-19-14-18(6-7-20(19)25)33(29,30)27-17-4-2-16(3-5-17)23(28)26-10-9-15-1-8-21-22(13-15)32-12-11-31-21/h1-8,13-14,27H,9-12H2,(H,26,28). The van der Waals surface area contributed by atoms with Gasteiger partial charge in [0.15, 0.2) is 11.5 Å². The number of halogens is 2. The first kappa shape index (κ1) is 22.9. The number of hydrogen-bond acceptors (Lipinski definition) is 5. The lowest BCUT2D eigenvalue weighted by molar-refractivity contribution is 0.0954. The molecular formula is C23H20ClFN2O5S. The van der Waals surface area contributed by atoms with Gasteiger partial charge in [-0.2, -0.15) is 0 Å². The van der Waals surface area contributed by atoms with Gasteiger partial charge in [0.2, 0.25) is 0 Å².